The molecule has 1 nitrogen and oxygen atoms in total. The van der Waals surface area contributed by atoms with Gasteiger partial charge in [0.15, 0.2) is 0 Å². The van der Waals surface area contributed by atoms with Gasteiger partial charge in [-0.3, -0.25) is 0 Å². The van der Waals surface area contributed by atoms with E-state index in [4.69, 9.17) is 0 Å². The van der Waals surface area contributed by atoms with E-state index in [9.17, 15) is 0 Å². The maximum Gasteiger partial charge on any atom is 0.0714 e. The van der Waals surface area contributed by atoms with Gasteiger partial charge in [-0.25, -0.2) is 0 Å². The Morgan fingerprint density at radius 3 is 1.66 bits per heavy atom. The van der Waals surface area contributed by atoms with Crippen molar-refractivity contribution in [3.8, 4) is 27.9 Å². The average Bonchev–Trinajstić information content (AvgIpc) is 3.61. The predicted molar refractivity (Wildman–Crippen MR) is 184 cm³/mol. The first-order valence-corrected chi connectivity index (χ1v) is 15.3. The summed E-state index contributed by atoms with van der Waals surface area (Å²) in [5.41, 5.74) is 13.4. The molecule has 1 heterocycles. The van der Waals surface area contributed by atoms with E-state index in [0.717, 1.165) is 0 Å². The lowest BCUT2D eigenvalue weighted by Crippen LogP contribution is -2.28. The third kappa shape index (κ3) is 3.35. The van der Waals surface area contributed by atoms with Crippen molar-refractivity contribution >= 4 is 21.8 Å². The molecular weight excluding hydrogens is 530 g/mol. The smallest absolute Gasteiger partial charge is 0.0714 e. The van der Waals surface area contributed by atoms with Gasteiger partial charge >= 0.3 is 0 Å². The summed E-state index contributed by atoms with van der Waals surface area (Å²) in [5.74, 6) is 0. The Kier molecular flexibility index (Phi) is 5.48. The molecule has 0 fully saturated rings. The molecule has 1 aliphatic rings. The molecule has 0 N–H and O–H groups in total. The summed E-state index contributed by atoms with van der Waals surface area (Å²) in [6.07, 6.45) is 0. The highest BCUT2D eigenvalue weighted by Crippen LogP contribution is 2.60. The van der Waals surface area contributed by atoms with Crippen LogP contribution >= 0.6 is 0 Å². The molecule has 206 valence electrons. The van der Waals surface area contributed by atoms with Crippen molar-refractivity contribution < 1.29 is 0 Å². The fourth-order valence-corrected chi connectivity index (χ4v) is 7.76. The molecule has 0 spiro atoms. The van der Waals surface area contributed by atoms with Crippen LogP contribution in [0.2, 0.25) is 0 Å². The summed E-state index contributed by atoms with van der Waals surface area (Å²) in [6, 6.07) is 64.4. The molecule has 0 atom stereocenters. The Balaban J connectivity index is 1.58. The topological polar surface area (TPSA) is 4.93 Å². The summed E-state index contributed by atoms with van der Waals surface area (Å²) in [6.45, 7) is 0. The molecule has 1 heteroatoms. The fourth-order valence-electron chi connectivity index (χ4n) is 7.76. The second-order valence-corrected chi connectivity index (χ2v) is 11.7. The molecule has 44 heavy (non-hydrogen) atoms. The minimum Gasteiger partial charge on any atom is -0.309 e. The Labute approximate surface area is 257 Å². The molecule has 0 saturated carbocycles. The van der Waals surface area contributed by atoms with E-state index < -0.39 is 5.41 Å². The largest absolute Gasteiger partial charge is 0.309 e. The lowest BCUT2D eigenvalue weighted by Gasteiger charge is -2.34. The van der Waals surface area contributed by atoms with Gasteiger partial charge in [-0.15, -0.1) is 0 Å². The van der Waals surface area contributed by atoms with E-state index in [-0.39, 0.29) is 0 Å². The number of aromatic nitrogens is 1. The van der Waals surface area contributed by atoms with E-state index in [1.807, 2.05) is 0 Å². The number of nitrogens with zero attached hydrogens (tertiary/aromatic N) is 1. The predicted octanol–water partition coefficient (Wildman–Crippen LogP) is 10.8. The number of benzene rings is 7. The van der Waals surface area contributed by atoms with E-state index in [1.54, 1.807) is 0 Å². The summed E-state index contributed by atoms with van der Waals surface area (Å²) in [5, 5.41) is 2.56. The summed E-state index contributed by atoms with van der Waals surface area (Å²) in [7, 11) is 0. The summed E-state index contributed by atoms with van der Waals surface area (Å²) < 4.78 is 2.50. The number of para-hydroxylation sites is 2. The second kappa shape index (κ2) is 9.69. The molecule has 0 unspecified atom stereocenters. The Morgan fingerprint density at radius 1 is 0.432 bits per heavy atom. The lowest BCUT2D eigenvalue weighted by atomic mass is 9.67. The first kappa shape index (κ1) is 24.9. The van der Waals surface area contributed by atoms with Crippen molar-refractivity contribution in [2.45, 2.75) is 5.41 Å². The summed E-state index contributed by atoms with van der Waals surface area (Å²) >= 11 is 0. The van der Waals surface area contributed by atoms with Crippen molar-refractivity contribution in [2.24, 2.45) is 0 Å². The molecule has 0 aliphatic heterocycles. The molecule has 1 aliphatic carbocycles. The Bertz CT molecular complexity index is 2260. The van der Waals surface area contributed by atoms with Gasteiger partial charge < -0.3 is 4.57 Å². The molecule has 0 bridgehead atoms. The number of hydrogen-bond acceptors (Lipinski definition) is 0. The van der Waals surface area contributed by atoms with E-state index in [0.29, 0.717) is 0 Å². The van der Waals surface area contributed by atoms with E-state index >= 15 is 0 Å². The molecule has 1 aromatic heterocycles. The van der Waals surface area contributed by atoms with Crippen molar-refractivity contribution in [3.05, 3.63) is 198 Å². The fraction of sp³-hybridized carbons (Fsp3) is 0.0233. The number of rotatable bonds is 4. The van der Waals surface area contributed by atoms with Gasteiger partial charge in [0.1, 0.15) is 0 Å². The maximum atomic E-state index is 2.51. The van der Waals surface area contributed by atoms with Crippen LogP contribution in [0.15, 0.2) is 176 Å². The zero-order valence-corrected chi connectivity index (χ0v) is 24.2. The van der Waals surface area contributed by atoms with Crippen LogP contribution in [0.5, 0.6) is 0 Å². The van der Waals surface area contributed by atoms with Gasteiger partial charge in [0.2, 0.25) is 0 Å². The van der Waals surface area contributed by atoms with Crippen molar-refractivity contribution in [3.63, 3.8) is 0 Å². The van der Waals surface area contributed by atoms with Crippen LogP contribution < -0.4 is 0 Å². The van der Waals surface area contributed by atoms with Crippen LogP contribution in [0.1, 0.15) is 22.3 Å². The van der Waals surface area contributed by atoms with Crippen LogP contribution in [-0.4, -0.2) is 4.57 Å². The third-order valence-electron chi connectivity index (χ3n) is 9.46. The lowest BCUT2D eigenvalue weighted by molar-refractivity contribution is 0.769. The van der Waals surface area contributed by atoms with E-state index in [1.165, 1.54) is 72.0 Å². The average molecular weight is 560 g/mol. The third-order valence-corrected chi connectivity index (χ3v) is 9.46. The molecule has 9 rings (SSSR count). The molecule has 8 aromatic rings. The molecular formula is C43H29N. The standard InChI is InChI=1S/C43H29N/c1-5-17-30(18-6-1)36-29-38-41(42-40(36)35-26-14-16-28-39(35)44(42)33-23-11-4-12-24-33)34-25-13-15-27-37(34)43(38,31-19-7-2-8-20-31)32-21-9-3-10-22-32/h1-29H. The number of hydrogen-bond donors (Lipinski definition) is 0. The Hall–Kier alpha value is -5.66. The Morgan fingerprint density at radius 2 is 0.977 bits per heavy atom. The molecule has 0 radical (unpaired) electrons. The summed E-state index contributed by atoms with van der Waals surface area (Å²) in [4.78, 5) is 0. The molecule has 0 amide bonds. The monoisotopic (exact) mass is 559 g/mol. The van der Waals surface area contributed by atoms with Crippen molar-refractivity contribution in [1.82, 2.24) is 4.57 Å². The van der Waals surface area contributed by atoms with Crippen molar-refractivity contribution in [2.75, 3.05) is 0 Å². The normalized spacial score (nSPS) is 13.2. The number of fused-ring (bicyclic) bond motifs is 7. The van der Waals surface area contributed by atoms with Crippen LogP contribution in [-0.2, 0) is 5.41 Å². The van der Waals surface area contributed by atoms with Crippen molar-refractivity contribution in [1.29, 1.82) is 0 Å². The van der Waals surface area contributed by atoms with Gasteiger partial charge in [-0.05, 0) is 63.2 Å². The van der Waals surface area contributed by atoms with Gasteiger partial charge in [0.25, 0.3) is 0 Å². The molecule has 0 saturated heterocycles. The molecule has 7 aromatic carbocycles. The van der Waals surface area contributed by atoms with Gasteiger partial charge in [-0.2, -0.15) is 0 Å². The van der Waals surface area contributed by atoms with Crippen LogP contribution in [0.25, 0.3) is 49.7 Å². The van der Waals surface area contributed by atoms with Crippen LogP contribution in [0.3, 0.4) is 0 Å². The zero-order valence-electron chi connectivity index (χ0n) is 24.2. The highest BCUT2D eigenvalue weighted by Gasteiger charge is 2.47. The minimum atomic E-state index is -0.482. The van der Waals surface area contributed by atoms with Crippen LogP contribution in [0, 0.1) is 0 Å². The van der Waals surface area contributed by atoms with E-state index in [2.05, 4.69) is 180 Å². The quantitative estimate of drug-likeness (QED) is 0.202. The van der Waals surface area contributed by atoms with Gasteiger partial charge in [-0.1, -0.05) is 152 Å². The highest BCUT2D eigenvalue weighted by atomic mass is 15.0. The first-order chi connectivity index (χ1) is 21.9. The van der Waals surface area contributed by atoms with Gasteiger partial charge in [0.05, 0.1) is 16.4 Å². The second-order valence-electron chi connectivity index (χ2n) is 11.7. The van der Waals surface area contributed by atoms with Gasteiger partial charge in [0, 0.05) is 22.0 Å². The maximum absolute atomic E-state index is 2.51. The SMILES string of the molecule is c1ccc(-c2cc3c(c4c2c2ccccc2n4-c2ccccc2)-c2ccccc2C3(c2ccccc2)c2ccccc2)cc1. The first-order valence-electron chi connectivity index (χ1n) is 15.3. The highest BCUT2D eigenvalue weighted by molar-refractivity contribution is 6.21. The minimum absolute atomic E-state index is 0.482. The zero-order chi connectivity index (χ0) is 29.1. The van der Waals surface area contributed by atoms with Crippen LogP contribution in [0.4, 0.5) is 0 Å².